The molecule has 6 saturated carbocycles. The minimum Gasteiger partial charge on any atom is -0.0960 e. The minimum absolute atomic E-state index is 0.628. The van der Waals surface area contributed by atoms with E-state index in [0.717, 1.165) is 53.9 Å². The average Bonchev–Trinajstić information content (AvgIpc) is 2.56. The zero-order valence-electron chi connectivity index (χ0n) is 17.9. The molecule has 0 heterocycles. The molecule has 6 rings (SSSR count). The fourth-order valence-corrected chi connectivity index (χ4v) is 8.47. The highest BCUT2D eigenvalue weighted by molar-refractivity contribution is 6.62. The lowest BCUT2D eigenvalue weighted by molar-refractivity contribution is -0.107. The van der Waals surface area contributed by atoms with Gasteiger partial charge in [0.05, 0.1) is 0 Å². The molecule has 0 spiro atoms. The van der Waals surface area contributed by atoms with Gasteiger partial charge in [0.2, 0.25) is 0 Å². The zero-order valence-corrected chi connectivity index (χ0v) is 17.9. The third-order valence-corrected chi connectivity index (χ3v) is 10.6. The highest BCUT2D eigenvalue weighted by Gasteiger charge is 2.61. The van der Waals surface area contributed by atoms with Crippen LogP contribution in [-0.4, -0.2) is 6.71 Å². The predicted octanol–water partition coefficient (Wildman–Crippen LogP) is 7.20. The Morgan fingerprint density at radius 1 is 0.800 bits per heavy atom. The van der Waals surface area contributed by atoms with E-state index in [4.69, 9.17) is 0 Å². The Balaban J connectivity index is 1.56. The zero-order chi connectivity index (χ0) is 18.1. The molecule has 2 unspecified atom stereocenters. The third kappa shape index (κ3) is 2.46. The second-order valence-corrected chi connectivity index (χ2v) is 11.7. The topological polar surface area (TPSA) is 0 Å². The lowest BCUT2D eigenvalue weighted by Crippen LogP contribution is -2.59. The van der Waals surface area contributed by atoms with Crippen molar-refractivity contribution in [1.29, 1.82) is 0 Å². The van der Waals surface area contributed by atoms with Gasteiger partial charge in [-0.25, -0.2) is 0 Å². The largest absolute Gasteiger partial charge is 0.150 e. The van der Waals surface area contributed by atoms with Gasteiger partial charge in [-0.2, -0.15) is 0 Å². The van der Waals surface area contributed by atoms with Gasteiger partial charge in [-0.3, -0.25) is 0 Å². The summed E-state index contributed by atoms with van der Waals surface area (Å²) in [5, 5.41) is 0. The molecule has 0 aromatic carbocycles. The van der Waals surface area contributed by atoms with Crippen LogP contribution in [0.5, 0.6) is 0 Å². The van der Waals surface area contributed by atoms with Crippen LogP contribution in [-0.2, 0) is 0 Å². The van der Waals surface area contributed by atoms with Crippen molar-refractivity contribution < 1.29 is 0 Å². The second kappa shape index (κ2) is 5.90. The molecule has 4 bridgehead atoms. The Bertz CT molecular complexity index is 502. The molecule has 6 aliphatic rings. The lowest BCUT2D eigenvalue weighted by atomic mass is 9.20. The van der Waals surface area contributed by atoms with Crippen LogP contribution < -0.4 is 0 Å². The van der Waals surface area contributed by atoms with Gasteiger partial charge in [0.1, 0.15) is 0 Å². The first-order chi connectivity index (χ1) is 11.7. The summed E-state index contributed by atoms with van der Waals surface area (Å²) >= 11 is 0. The van der Waals surface area contributed by atoms with E-state index in [-0.39, 0.29) is 0 Å². The summed E-state index contributed by atoms with van der Waals surface area (Å²) in [4.78, 5) is 0. The van der Waals surface area contributed by atoms with E-state index in [1.807, 2.05) is 0 Å². The van der Waals surface area contributed by atoms with Crippen LogP contribution in [0.2, 0.25) is 18.0 Å². The maximum absolute atomic E-state index is 2.62. The van der Waals surface area contributed by atoms with Gasteiger partial charge in [0, 0.05) is 0 Å². The summed E-state index contributed by atoms with van der Waals surface area (Å²) in [6.07, 6.45) is 12.3. The number of rotatable bonds is 4. The normalized spacial score (nSPS) is 49.4. The average molecular weight is 340 g/mol. The molecule has 0 N–H and O–H groups in total. The highest BCUT2D eigenvalue weighted by Crippen LogP contribution is 2.69. The molecular weight excluding hydrogens is 299 g/mol. The first kappa shape index (κ1) is 18.2. The maximum Gasteiger partial charge on any atom is 0.150 e. The molecular formula is C24H41B. The van der Waals surface area contributed by atoms with Crippen LogP contribution in [0.25, 0.3) is 0 Å². The van der Waals surface area contributed by atoms with Crippen LogP contribution in [0.3, 0.4) is 0 Å². The molecule has 0 radical (unpaired) electrons. The number of fused-ring (bicyclic) bond motifs is 4. The van der Waals surface area contributed by atoms with Crippen molar-refractivity contribution in [2.75, 3.05) is 0 Å². The van der Waals surface area contributed by atoms with Crippen molar-refractivity contribution in [3.8, 4) is 0 Å². The van der Waals surface area contributed by atoms with Crippen molar-refractivity contribution >= 4 is 6.71 Å². The van der Waals surface area contributed by atoms with Gasteiger partial charge in [0.15, 0.2) is 6.71 Å². The fraction of sp³-hybridized carbons (Fsp3) is 0.917. The summed E-state index contributed by atoms with van der Waals surface area (Å²) in [5.74, 6) is 7.86. The molecule has 1 heteroatoms. The van der Waals surface area contributed by atoms with E-state index in [0.29, 0.717) is 10.8 Å². The van der Waals surface area contributed by atoms with Crippen molar-refractivity contribution in [3.63, 3.8) is 0 Å². The Hall–Kier alpha value is -0.195. The Labute approximate surface area is 157 Å². The van der Waals surface area contributed by atoms with Gasteiger partial charge < -0.3 is 0 Å². The minimum atomic E-state index is 0.628. The number of allylic oxidation sites excluding steroid dienone is 2. The highest BCUT2D eigenvalue weighted by atomic mass is 14.6. The molecule has 6 fully saturated rings. The fourth-order valence-electron chi connectivity index (χ4n) is 8.47. The summed E-state index contributed by atoms with van der Waals surface area (Å²) in [5.41, 5.74) is 1.26. The molecule has 8 atom stereocenters. The smallest absolute Gasteiger partial charge is 0.0960 e. The van der Waals surface area contributed by atoms with E-state index in [2.05, 4.69) is 60.6 Å². The third-order valence-electron chi connectivity index (χ3n) is 10.6. The molecule has 6 aliphatic carbocycles. The Morgan fingerprint density at radius 2 is 1.24 bits per heavy atom. The van der Waals surface area contributed by atoms with Crippen molar-refractivity contribution in [2.45, 2.75) is 92.1 Å². The van der Waals surface area contributed by atoms with Crippen molar-refractivity contribution in [3.05, 3.63) is 12.2 Å². The number of hydrogen-bond donors (Lipinski definition) is 0. The van der Waals surface area contributed by atoms with E-state index in [9.17, 15) is 0 Å². The first-order valence-corrected chi connectivity index (χ1v) is 11.3. The van der Waals surface area contributed by atoms with Crippen LogP contribution in [0, 0.1) is 46.3 Å². The lowest BCUT2D eigenvalue weighted by Gasteiger charge is -2.66. The molecule has 25 heavy (non-hydrogen) atoms. The van der Waals surface area contributed by atoms with Gasteiger partial charge in [0.25, 0.3) is 0 Å². The van der Waals surface area contributed by atoms with E-state index < -0.39 is 0 Å². The van der Waals surface area contributed by atoms with Crippen molar-refractivity contribution in [1.82, 2.24) is 0 Å². The molecule has 0 aromatic heterocycles. The second-order valence-electron chi connectivity index (χ2n) is 11.7. The predicted molar refractivity (Wildman–Crippen MR) is 111 cm³/mol. The Morgan fingerprint density at radius 3 is 1.56 bits per heavy atom. The maximum atomic E-state index is 2.62. The Kier molecular flexibility index (Phi) is 4.29. The quantitative estimate of drug-likeness (QED) is 0.375. The first-order valence-electron chi connectivity index (χ1n) is 11.3. The van der Waals surface area contributed by atoms with Crippen LogP contribution in [0.1, 0.15) is 74.1 Å². The summed E-state index contributed by atoms with van der Waals surface area (Å²) < 4.78 is 0. The number of hydrogen-bond acceptors (Lipinski definition) is 0. The van der Waals surface area contributed by atoms with E-state index in [1.165, 1.54) is 32.0 Å². The van der Waals surface area contributed by atoms with Crippen LogP contribution in [0.15, 0.2) is 12.2 Å². The van der Waals surface area contributed by atoms with Gasteiger partial charge in [-0.1, -0.05) is 84.5 Å². The van der Waals surface area contributed by atoms with Gasteiger partial charge >= 0.3 is 0 Å². The van der Waals surface area contributed by atoms with Crippen molar-refractivity contribution in [2.24, 2.45) is 46.3 Å². The van der Waals surface area contributed by atoms with Crippen LogP contribution in [0.4, 0.5) is 0 Å². The van der Waals surface area contributed by atoms with Gasteiger partial charge in [-0.05, 0) is 66.1 Å². The van der Waals surface area contributed by atoms with Gasteiger partial charge in [-0.15, -0.1) is 0 Å². The molecule has 0 aliphatic heterocycles. The summed E-state index contributed by atoms with van der Waals surface area (Å²) in [6, 6.07) is 0. The molecule has 0 aromatic rings. The molecule has 0 nitrogen and oxygen atoms in total. The SMILES string of the molecule is C/C=C/CB([C@@H]1CC2C[C@H]([C@H]1C)C2(C)C)[C@@H]1CC2C[C@H]([C@H]1C)C2(C)C. The summed E-state index contributed by atoms with van der Waals surface area (Å²) in [6.45, 7) is 18.6. The molecule has 0 amide bonds. The van der Waals surface area contributed by atoms with Crippen LogP contribution >= 0.6 is 0 Å². The summed E-state index contributed by atoms with van der Waals surface area (Å²) in [7, 11) is 0. The molecule has 0 saturated heterocycles. The van der Waals surface area contributed by atoms with E-state index in [1.54, 1.807) is 0 Å². The molecule has 140 valence electrons. The standard InChI is InChI=1S/C24H41B/c1-8-9-10-25(21-13-17-11-19(15(21)2)23(17,4)5)22-14-18-12-20(16(22)3)24(18,6)7/h8-9,15-22H,10-14H2,1-7H3/b9-8+/t15-,16-,17?,18?,19-,20-,21-,22-/m1/s1. The van der Waals surface area contributed by atoms with E-state index >= 15 is 0 Å². The monoisotopic (exact) mass is 340 g/mol.